The van der Waals surface area contributed by atoms with Crippen molar-refractivity contribution in [2.75, 3.05) is 14.2 Å². The number of ether oxygens (including phenoxy) is 2. The number of thiocarbonyl (C=S) groups is 1. The molecule has 1 aliphatic rings. The van der Waals surface area contributed by atoms with Gasteiger partial charge in [-0.05, 0) is 57.5 Å². The van der Waals surface area contributed by atoms with Crippen molar-refractivity contribution in [1.29, 1.82) is 0 Å². The molecule has 1 aromatic carbocycles. The first-order valence-electron chi connectivity index (χ1n) is 7.81. The number of hydrogen-bond acceptors (Lipinski definition) is 6. The first-order valence-corrected chi connectivity index (χ1v) is 8.22. The van der Waals surface area contributed by atoms with E-state index >= 15 is 0 Å². The van der Waals surface area contributed by atoms with Gasteiger partial charge in [-0.2, -0.15) is 5.10 Å². The number of nitrogens with zero attached hydrogens (tertiary/aromatic N) is 1. The Morgan fingerprint density at radius 1 is 1.16 bits per heavy atom. The van der Waals surface area contributed by atoms with Crippen LogP contribution in [0.3, 0.4) is 0 Å². The maximum absolute atomic E-state index is 6.09. The summed E-state index contributed by atoms with van der Waals surface area (Å²) in [6, 6.07) is 3.68. The molecule has 0 aromatic heterocycles. The van der Waals surface area contributed by atoms with Crippen LogP contribution in [0.25, 0.3) is 0 Å². The highest BCUT2D eigenvalue weighted by Gasteiger charge is 2.52. The van der Waals surface area contributed by atoms with Crippen LogP contribution in [-0.2, 0) is 9.31 Å². The number of nitrogens with one attached hydrogen (secondary N) is 1. The largest absolute Gasteiger partial charge is 0.496 e. The quantitative estimate of drug-likeness (QED) is 0.351. The molecule has 0 amide bonds. The lowest BCUT2D eigenvalue weighted by Crippen LogP contribution is -2.41. The van der Waals surface area contributed by atoms with Gasteiger partial charge in [0.2, 0.25) is 0 Å². The molecule has 0 bridgehead atoms. The Hall–Kier alpha value is -1.84. The average molecular weight is 365 g/mol. The Balaban J connectivity index is 2.40. The van der Waals surface area contributed by atoms with Crippen LogP contribution < -0.4 is 26.1 Å². The van der Waals surface area contributed by atoms with Crippen molar-refractivity contribution in [2.24, 2.45) is 10.8 Å². The molecule has 7 nitrogen and oxygen atoms in total. The second kappa shape index (κ2) is 7.19. The van der Waals surface area contributed by atoms with Gasteiger partial charge in [0, 0.05) is 0 Å². The highest BCUT2D eigenvalue weighted by Crippen LogP contribution is 2.37. The number of hydrogen-bond donors (Lipinski definition) is 2. The number of rotatable bonds is 5. The smallest absolute Gasteiger partial charge is 0.495 e. The minimum Gasteiger partial charge on any atom is -0.496 e. The minimum absolute atomic E-state index is 0.0722. The molecule has 3 N–H and O–H groups in total. The van der Waals surface area contributed by atoms with Crippen molar-refractivity contribution in [2.45, 2.75) is 38.9 Å². The van der Waals surface area contributed by atoms with Gasteiger partial charge in [0.25, 0.3) is 0 Å². The van der Waals surface area contributed by atoms with Crippen LogP contribution in [0.4, 0.5) is 0 Å². The van der Waals surface area contributed by atoms with Crippen LogP contribution >= 0.6 is 12.2 Å². The molecule has 136 valence electrons. The number of hydrazone groups is 1. The summed E-state index contributed by atoms with van der Waals surface area (Å²) >= 11 is 4.73. The summed E-state index contributed by atoms with van der Waals surface area (Å²) in [5.41, 5.74) is 8.45. The maximum Gasteiger partial charge on any atom is 0.495 e. The highest BCUT2D eigenvalue weighted by atomic mass is 32.1. The van der Waals surface area contributed by atoms with Crippen molar-refractivity contribution in [1.82, 2.24) is 5.43 Å². The lowest BCUT2D eigenvalue weighted by atomic mass is 9.78. The van der Waals surface area contributed by atoms with Crippen molar-refractivity contribution in [3.05, 3.63) is 17.7 Å². The topological polar surface area (TPSA) is 87.3 Å². The van der Waals surface area contributed by atoms with Crippen LogP contribution in [0.5, 0.6) is 11.5 Å². The normalized spacial score (nSPS) is 18.4. The monoisotopic (exact) mass is 365 g/mol. The maximum atomic E-state index is 6.09. The van der Waals surface area contributed by atoms with Gasteiger partial charge in [-0.15, -0.1) is 0 Å². The van der Waals surface area contributed by atoms with Crippen LogP contribution in [-0.4, -0.2) is 43.9 Å². The fraction of sp³-hybridized carbons (Fsp3) is 0.500. The molecule has 1 saturated heterocycles. The number of methoxy groups -OCH3 is 2. The van der Waals surface area contributed by atoms with E-state index in [9.17, 15) is 0 Å². The predicted molar refractivity (Wildman–Crippen MR) is 103 cm³/mol. The SMILES string of the molecule is COc1cc(B2OC(C)(C)C(C)(C)O2)cc(OC)c1C=NNC(N)=S. The van der Waals surface area contributed by atoms with Crippen LogP contribution in [0, 0.1) is 0 Å². The molecule has 1 aliphatic heterocycles. The van der Waals surface area contributed by atoms with Crippen LogP contribution in [0.2, 0.25) is 0 Å². The summed E-state index contributed by atoms with van der Waals surface area (Å²) in [6.07, 6.45) is 1.53. The molecule has 0 aliphatic carbocycles. The van der Waals surface area contributed by atoms with Gasteiger partial charge in [0.1, 0.15) is 11.5 Å². The molecule has 1 fully saturated rings. The van der Waals surface area contributed by atoms with Crippen molar-refractivity contribution < 1.29 is 18.8 Å². The Kier molecular flexibility index (Phi) is 5.60. The summed E-state index contributed by atoms with van der Waals surface area (Å²) in [5.74, 6) is 1.13. The van der Waals surface area contributed by atoms with Gasteiger partial charge in [-0.25, -0.2) is 0 Å². The molecule has 0 saturated carbocycles. The van der Waals surface area contributed by atoms with Gasteiger partial charge < -0.3 is 24.5 Å². The molecule has 0 radical (unpaired) electrons. The second-order valence-corrected chi connectivity index (χ2v) is 7.10. The standard InChI is InChI=1S/C16H24BN3O4S/c1-15(2)16(3,4)24-17(23-15)10-7-12(21-5)11(13(8-10)22-6)9-19-20-14(18)25/h7-9H,1-6H3,(H3,18,20,25). The third-order valence-electron chi connectivity index (χ3n) is 4.46. The van der Waals surface area contributed by atoms with Gasteiger partial charge in [0.15, 0.2) is 5.11 Å². The summed E-state index contributed by atoms with van der Waals surface area (Å²) in [4.78, 5) is 0. The molecule has 0 unspecified atom stereocenters. The van der Waals surface area contributed by atoms with Crippen molar-refractivity contribution in [3.63, 3.8) is 0 Å². The van der Waals surface area contributed by atoms with E-state index in [2.05, 4.69) is 10.5 Å². The number of benzene rings is 1. The van der Waals surface area contributed by atoms with E-state index in [-0.39, 0.29) is 5.11 Å². The predicted octanol–water partition coefficient (Wildman–Crippen LogP) is 1.17. The van der Waals surface area contributed by atoms with E-state index in [0.717, 1.165) is 5.46 Å². The second-order valence-electron chi connectivity index (χ2n) is 6.66. The highest BCUT2D eigenvalue weighted by molar-refractivity contribution is 7.80. The van der Waals surface area contributed by atoms with Gasteiger partial charge in [-0.1, -0.05) is 0 Å². The Morgan fingerprint density at radius 3 is 2.04 bits per heavy atom. The molecular formula is C16H24BN3O4S. The van der Waals surface area contributed by atoms with E-state index in [4.69, 9.17) is 36.7 Å². The zero-order chi connectivity index (χ0) is 18.8. The average Bonchev–Trinajstić information content (AvgIpc) is 2.74. The Bertz CT molecular complexity index is 653. The molecule has 0 spiro atoms. The third-order valence-corrected chi connectivity index (χ3v) is 4.55. The summed E-state index contributed by atoms with van der Waals surface area (Å²) in [6.45, 7) is 8.02. The third kappa shape index (κ3) is 4.05. The van der Waals surface area contributed by atoms with Crippen LogP contribution in [0.15, 0.2) is 17.2 Å². The molecule has 1 aromatic rings. The van der Waals surface area contributed by atoms with E-state index in [1.807, 2.05) is 39.8 Å². The molecule has 9 heteroatoms. The van der Waals surface area contributed by atoms with E-state index in [1.54, 1.807) is 14.2 Å². The summed E-state index contributed by atoms with van der Waals surface area (Å²) < 4.78 is 23.1. The van der Waals surface area contributed by atoms with E-state index in [0.29, 0.717) is 17.1 Å². The van der Waals surface area contributed by atoms with Crippen molar-refractivity contribution >= 4 is 36.1 Å². The summed E-state index contributed by atoms with van der Waals surface area (Å²) in [7, 11) is 2.62. The Morgan fingerprint density at radius 2 is 1.64 bits per heavy atom. The first kappa shape index (κ1) is 19.5. The lowest BCUT2D eigenvalue weighted by molar-refractivity contribution is 0.00578. The fourth-order valence-electron chi connectivity index (χ4n) is 2.36. The van der Waals surface area contributed by atoms with E-state index < -0.39 is 18.3 Å². The van der Waals surface area contributed by atoms with Gasteiger partial charge in [-0.3, -0.25) is 5.43 Å². The first-order chi connectivity index (χ1) is 11.6. The fourth-order valence-corrected chi connectivity index (χ4v) is 2.41. The van der Waals surface area contributed by atoms with Crippen molar-refractivity contribution in [3.8, 4) is 11.5 Å². The number of nitrogens with two attached hydrogens (primary N) is 1. The minimum atomic E-state index is -0.520. The molecule has 2 rings (SSSR count). The zero-order valence-electron chi connectivity index (χ0n) is 15.4. The van der Waals surface area contributed by atoms with Crippen LogP contribution in [0.1, 0.15) is 33.3 Å². The lowest BCUT2D eigenvalue weighted by Gasteiger charge is -2.32. The Labute approximate surface area is 154 Å². The van der Waals surface area contributed by atoms with E-state index in [1.165, 1.54) is 6.21 Å². The zero-order valence-corrected chi connectivity index (χ0v) is 16.2. The van der Waals surface area contributed by atoms with Gasteiger partial charge >= 0.3 is 7.12 Å². The van der Waals surface area contributed by atoms with Gasteiger partial charge in [0.05, 0.1) is 37.2 Å². The molecule has 25 heavy (non-hydrogen) atoms. The molecule has 0 atom stereocenters. The molecule has 1 heterocycles. The molecular weight excluding hydrogens is 341 g/mol. The summed E-state index contributed by atoms with van der Waals surface area (Å²) in [5, 5.41) is 4.04.